The summed E-state index contributed by atoms with van der Waals surface area (Å²) in [7, 11) is -1.54. The molecule has 0 radical (unpaired) electrons. The Morgan fingerprint density at radius 2 is 1.75 bits per heavy atom. The van der Waals surface area contributed by atoms with Gasteiger partial charge in [0.15, 0.2) is 0 Å². The summed E-state index contributed by atoms with van der Waals surface area (Å²) in [6.45, 7) is 0.792. The van der Waals surface area contributed by atoms with Gasteiger partial charge in [-0.1, -0.05) is 11.6 Å². The lowest BCUT2D eigenvalue weighted by molar-refractivity contribution is 0.174. The van der Waals surface area contributed by atoms with Gasteiger partial charge in [-0.15, -0.1) is 0 Å². The van der Waals surface area contributed by atoms with Crippen molar-refractivity contribution in [3.8, 4) is 11.3 Å². The van der Waals surface area contributed by atoms with Gasteiger partial charge in [0, 0.05) is 37.8 Å². The normalized spacial score (nSPS) is 17.9. The van der Waals surface area contributed by atoms with Gasteiger partial charge in [0.2, 0.25) is 10.0 Å². The van der Waals surface area contributed by atoms with Crippen LogP contribution in [0.2, 0.25) is 5.02 Å². The summed E-state index contributed by atoms with van der Waals surface area (Å²) in [5.74, 6) is -1.49. The smallest absolute Gasteiger partial charge is 0.321 e. The number of piperidine rings is 1. The maximum Gasteiger partial charge on any atom is 0.321 e. The molecule has 1 saturated heterocycles. The summed E-state index contributed by atoms with van der Waals surface area (Å²) in [6.07, 6.45) is 3.93. The zero-order valence-electron chi connectivity index (χ0n) is 17.4. The maximum atomic E-state index is 13.5. The van der Waals surface area contributed by atoms with Gasteiger partial charge in [-0.2, -0.15) is 0 Å². The highest BCUT2D eigenvalue weighted by atomic mass is 35.5. The molecule has 2 heterocycles. The molecule has 32 heavy (non-hydrogen) atoms. The highest BCUT2D eigenvalue weighted by molar-refractivity contribution is 7.90. The Morgan fingerprint density at radius 1 is 1.12 bits per heavy atom. The molecule has 2 aromatic rings. The van der Waals surface area contributed by atoms with Crippen LogP contribution in [0.25, 0.3) is 11.3 Å². The van der Waals surface area contributed by atoms with Crippen LogP contribution in [0.3, 0.4) is 0 Å². The number of anilines is 1. The van der Waals surface area contributed by atoms with Crippen LogP contribution in [0.1, 0.15) is 25.7 Å². The van der Waals surface area contributed by atoms with Gasteiger partial charge < -0.3 is 10.2 Å². The molecule has 1 aromatic heterocycles. The van der Waals surface area contributed by atoms with E-state index in [0.717, 1.165) is 31.0 Å². The van der Waals surface area contributed by atoms with E-state index in [9.17, 15) is 22.0 Å². The van der Waals surface area contributed by atoms with E-state index in [1.807, 2.05) is 0 Å². The van der Waals surface area contributed by atoms with Crippen molar-refractivity contribution in [3.63, 3.8) is 0 Å². The topological polar surface area (TPSA) is 82.6 Å². The number of benzene rings is 1. The van der Waals surface area contributed by atoms with Crippen molar-refractivity contribution >= 4 is 33.3 Å². The van der Waals surface area contributed by atoms with Crippen molar-refractivity contribution in [3.05, 3.63) is 47.1 Å². The molecule has 2 fully saturated rings. The third-order valence-electron chi connectivity index (χ3n) is 5.83. The Hall–Kier alpha value is -2.30. The van der Waals surface area contributed by atoms with Crippen molar-refractivity contribution in [1.29, 1.82) is 0 Å². The van der Waals surface area contributed by atoms with Gasteiger partial charge in [-0.05, 0) is 43.9 Å². The Balaban J connectivity index is 1.38. The lowest BCUT2D eigenvalue weighted by Crippen LogP contribution is -2.48. The molecular formula is C21H23ClF2N4O3S. The summed E-state index contributed by atoms with van der Waals surface area (Å²) < 4.78 is 53.2. The standard InChI is InChI=1S/C21H23ClF2N4O3S/c1-27(17-4-6-28(7-5-17)32(30,31)18-2-3-18)21(29)26-16-11-19(22)20(25-12-16)13-8-14(23)10-15(24)9-13/h8-12,17-18H,2-7H2,1H3,(H,26,29). The summed E-state index contributed by atoms with van der Waals surface area (Å²) in [5, 5.41) is 2.61. The van der Waals surface area contributed by atoms with Crippen molar-refractivity contribution in [2.45, 2.75) is 37.0 Å². The van der Waals surface area contributed by atoms with Gasteiger partial charge in [-0.25, -0.2) is 26.3 Å². The first-order valence-electron chi connectivity index (χ1n) is 10.3. The molecule has 1 aromatic carbocycles. The summed E-state index contributed by atoms with van der Waals surface area (Å²) in [6, 6.07) is 3.99. The number of halogens is 3. The third-order valence-corrected chi connectivity index (χ3v) is 8.51. The van der Waals surface area contributed by atoms with Crippen molar-refractivity contribution in [2.24, 2.45) is 0 Å². The number of amides is 2. The summed E-state index contributed by atoms with van der Waals surface area (Å²) in [4.78, 5) is 18.4. The van der Waals surface area contributed by atoms with Crippen LogP contribution in [-0.2, 0) is 10.0 Å². The molecule has 1 N–H and O–H groups in total. The van der Waals surface area contributed by atoms with Crippen LogP contribution in [0.15, 0.2) is 30.5 Å². The fourth-order valence-electron chi connectivity index (χ4n) is 3.85. The molecule has 2 amide bonds. The van der Waals surface area contributed by atoms with E-state index in [1.165, 1.54) is 16.6 Å². The fraction of sp³-hybridized carbons (Fsp3) is 0.429. The number of hydrogen-bond donors (Lipinski definition) is 1. The van der Waals surface area contributed by atoms with E-state index in [2.05, 4.69) is 10.3 Å². The van der Waals surface area contributed by atoms with Crippen LogP contribution >= 0.6 is 11.6 Å². The number of hydrogen-bond acceptors (Lipinski definition) is 4. The lowest BCUT2D eigenvalue weighted by Gasteiger charge is -2.36. The molecule has 11 heteroatoms. The quantitative estimate of drug-likeness (QED) is 0.692. The fourth-order valence-corrected chi connectivity index (χ4v) is 6.00. The number of pyridine rings is 1. The minimum atomic E-state index is -3.20. The molecule has 2 aliphatic rings. The van der Waals surface area contributed by atoms with E-state index in [0.29, 0.717) is 31.6 Å². The molecule has 1 saturated carbocycles. The number of rotatable bonds is 5. The van der Waals surface area contributed by atoms with Gasteiger partial charge >= 0.3 is 6.03 Å². The lowest BCUT2D eigenvalue weighted by atomic mass is 10.1. The Morgan fingerprint density at radius 3 is 2.31 bits per heavy atom. The van der Waals surface area contributed by atoms with Crippen molar-refractivity contribution < 1.29 is 22.0 Å². The summed E-state index contributed by atoms with van der Waals surface area (Å²) >= 11 is 6.23. The molecule has 1 aliphatic carbocycles. The molecule has 7 nitrogen and oxygen atoms in total. The van der Waals surface area contributed by atoms with E-state index >= 15 is 0 Å². The molecule has 4 rings (SSSR count). The Labute approximate surface area is 190 Å². The molecule has 172 valence electrons. The Kier molecular flexibility index (Phi) is 6.37. The summed E-state index contributed by atoms with van der Waals surface area (Å²) in [5.41, 5.74) is 0.720. The number of carbonyl (C=O) groups excluding carboxylic acids is 1. The maximum absolute atomic E-state index is 13.5. The minimum absolute atomic E-state index is 0.0985. The van der Waals surface area contributed by atoms with Crippen molar-refractivity contribution in [1.82, 2.24) is 14.2 Å². The van der Waals surface area contributed by atoms with Crippen LogP contribution in [0.4, 0.5) is 19.3 Å². The molecular weight excluding hydrogens is 462 g/mol. The first-order valence-corrected chi connectivity index (χ1v) is 12.2. The van der Waals surface area contributed by atoms with E-state index < -0.39 is 21.7 Å². The van der Waals surface area contributed by atoms with E-state index in [1.54, 1.807) is 11.9 Å². The second-order valence-electron chi connectivity index (χ2n) is 8.13. The average Bonchev–Trinajstić information content (AvgIpc) is 3.59. The molecule has 0 bridgehead atoms. The second kappa shape index (κ2) is 8.92. The Bertz CT molecular complexity index is 1120. The number of nitrogens with zero attached hydrogens (tertiary/aromatic N) is 3. The number of carbonyl (C=O) groups is 1. The minimum Gasteiger partial charge on any atom is -0.325 e. The van der Waals surface area contributed by atoms with Gasteiger partial charge in [0.1, 0.15) is 11.6 Å². The van der Waals surface area contributed by atoms with E-state index in [4.69, 9.17) is 11.6 Å². The molecule has 0 atom stereocenters. The molecule has 1 aliphatic heterocycles. The van der Waals surface area contributed by atoms with Crippen molar-refractivity contribution in [2.75, 3.05) is 25.5 Å². The zero-order chi connectivity index (χ0) is 23.0. The van der Waals surface area contributed by atoms with Gasteiger partial charge in [0.25, 0.3) is 0 Å². The highest BCUT2D eigenvalue weighted by Gasteiger charge is 2.41. The largest absolute Gasteiger partial charge is 0.325 e. The molecule has 0 unspecified atom stereocenters. The highest BCUT2D eigenvalue weighted by Crippen LogP contribution is 2.33. The van der Waals surface area contributed by atoms with Crippen LogP contribution in [0, 0.1) is 11.6 Å². The van der Waals surface area contributed by atoms with Crippen LogP contribution < -0.4 is 5.32 Å². The van der Waals surface area contributed by atoms with Gasteiger partial charge in [0.05, 0.1) is 27.9 Å². The number of urea groups is 1. The van der Waals surface area contributed by atoms with E-state index in [-0.39, 0.29) is 33.6 Å². The zero-order valence-corrected chi connectivity index (χ0v) is 19.0. The van der Waals surface area contributed by atoms with Crippen LogP contribution in [-0.4, -0.2) is 60.1 Å². The number of sulfonamides is 1. The third kappa shape index (κ3) is 4.87. The first kappa shape index (κ1) is 22.9. The predicted octanol–water partition coefficient (Wildman–Crippen LogP) is 4.10. The van der Waals surface area contributed by atoms with Crippen LogP contribution in [0.5, 0.6) is 0 Å². The SMILES string of the molecule is CN(C(=O)Nc1cnc(-c2cc(F)cc(F)c2)c(Cl)c1)C1CCN(S(=O)(=O)C2CC2)CC1. The average molecular weight is 485 g/mol. The predicted molar refractivity (Wildman–Crippen MR) is 118 cm³/mol. The van der Waals surface area contributed by atoms with Gasteiger partial charge in [-0.3, -0.25) is 4.98 Å². The molecule has 0 spiro atoms. The number of nitrogens with one attached hydrogen (secondary N) is 1. The monoisotopic (exact) mass is 484 g/mol. The second-order valence-corrected chi connectivity index (χ2v) is 10.7. The number of aromatic nitrogens is 1. The first-order chi connectivity index (χ1) is 15.1.